The summed E-state index contributed by atoms with van der Waals surface area (Å²) in [7, 11) is 0. The van der Waals surface area contributed by atoms with Gasteiger partial charge in [0.2, 0.25) is 5.78 Å². The average Bonchev–Trinajstić information content (AvgIpc) is 2.78. The molecule has 0 amide bonds. The molecule has 0 unspecified atom stereocenters. The van der Waals surface area contributed by atoms with Crippen LogP contribution >= 0.6 is 11.8 Å². The normalized spacial score (nSPS) is 15.2. The van der Waals surface area contributed by atoms with E-state index in [0.717, 1.165) is 11.0 Å². The number of para-hydroxylation sites is 1. The first-order valence-corrected chi connectivity index (χ1v) is 6.87. The van der Waals surface area contributed by atoms with Crippen LogP contribution in [0, 0.1) is 10.1 Å². The maximum Gasteiger partial charge on any atom is 0.262 e. The minimum atomic E-state index is -0.720. The standard InChI is InChI=1S/C15H9NO4S/c17-14-9(4-3-6-11(14)16(19)20)8-13-15(18)10-5-1-2-7-12(10)21-13/h1-8,17H/p-1. The molecular formula is C15H8NO4S-. The molecule has 6 heteroatoms. The van der Waals surface area contributed by atoms with Gasteiger partial charge in [-0.05, 0) is 29.5 Å². The Labute approximate surface area is 124 Å². The van der Waals surface area contributed by atoms with E-state index in [4.69, 9.17) is 0 Å². The number of hydrogen-bond donors (Lipinski definition) is 0. The van der Waals surface area contributed by atoms with E-state index in [2.05, 4.69) is 0 Å². The van der Waals surface area contributed by atoms with Crippen molar-refractivity contribution >= 4 is 29.3 Å². The monoisotopic (exact) mass is 298 g/mol. The van der Waals surface area contributed by atoms with Gasteiger partial charge in [0.15, 0.2) is 0 Å². The van der Waals surface area contributed by atoms with Crippen LogP contribution in [0.5, 0.6) is 5.75 Å². The molecule has 0 bridgehead atoms. The van der Waals surface area contributed by atoms with Crippen LogP contribution in [0.25, 0.3) is 6.08 Å². The van der Waals surface area contributed by atoms with E-state index in [1.54, 1.807) is 12.1 Å². The molecule has 0 spiro atoms. The fraction of sp³-hybridized carbons (Fsp3) is 0. The smallest absolute Gasteiger partial charge is 0.262 e. The molecule has 0 saturated heterocycles. The van der Waals surface area contributed by atoms with Crippen LogP contribution in [-0.4, -0.2) is 10.7 Å². The van der Waals surface area contributed by atoms with Gasteiger partial charge in [0.25, 0.3) is 5.69 Å². The molecule has 1 aliphatic heterocycles. The van der Waals surface area contributed by atoms with Gasteiger partial charge in [-0.15, -0.1) is 0 Å². The zero-order valence-corrected chi connectivity index (χ0v) is 11.4. The van der Waals surface area contributed by atoms with E-state index >= 15 is 0 Å². The summed E-state index contributed by atoms with van der Waals surface area (Å²) in [5, 5.41) is 22.7. The number of nitro groups is 1. The molecule has 0 radical (unpaired) electrons. The quantitative estimate of drug-likeness (QED) is 0.483. The lowest BCUT2D eigenvalue weighted by Gasteiger charge is -2.10. The second-order valence-electron chi connectivity index (χ2n) is 4.39. The van der Waals surface area contributed by atoms with Crippen molar-refractivity contribution in [2.24, 2.45) is 0 Å². The predicted molar refractivity (Wildman–Crippen MR) is 77.1 cm³/mol. The van der Waals surface area contributed by atoms with Crippen LogP contribution in [0.4, 0.5) is 5.69 Å². The van der Waals surface area contributed by atoms with Gasteiger partial charge in [0.1, 0.15) is 0 Å². The molecule has 0 fully saturated rings. The fourth-order valence-corrected chi connectivity index (χ4v) is 3.12. The highest BCUT2D eigenvalue weighted by Crippen LogP contribution is 2.41. The van der Waals surface area contributed by atoms with Crippen LogP contribution in [0.15, 0.2) is 52.3 Å². The lowest BCUT2D eigenvalue weighted by molar-refractivity contribution is -0.398. The maximum atomic E-state index is 12.2. The van der Waals surface area contributed by atoms with Crippen LogP contribution in [0.2, 0.25) is 0 Å². The average molecular weight is 298 g/mol. The molecule has 1 aliphatic rings. The highest BCUT2D eigenvalue weighted by atomic mass is 32.2. The first-order chi connectivity index (χ1) is 10.1. The number of Topliss-reactive ketones (excluding diaryl/α,β-unsaturated/α-hetero) is 1. The summed E-state index contributed by atoms with van der Waals surface area (Å²) in [6.07, 6.45) is 1.42. The van der Waals surface area contributed by atoms with Crippen LogP contribution in [0.1, 0.15) is 15.9 Å². The molecule has 2 aromatic rings. The zero-order valence-electron chi connectivity index (χ0n) is 10.6. The lowest BCUT2D eigenvalue weighted by atomic mass is 10.1. The molecule has 0 atom stereocenters. The van der Waals surface area contributed by atoms with Gasteiger partial charge in [-0.2, -0.15) is 0 Å². The third-order valence-electron chi connectivity index (χ3n) is 3.08. The minimum Gasteiger partial charge on any atom is -0.867 e. The van der Waals surface area contributed by atoms with E-state index in [1.165, 1.54) is 30.0 Å². The summed E-state index contributed by atoms with van der Waals surface area (Å²) in [5.74, 6) is -0.846. The Kier molecular flexibility index (Phi) is 3.23. The number of fused-ring (bicyclic) bond motifs is 1. The van der Waals surface area contributed by atoms with Crippen molar-refractivity contribution in [1.29, 1.82) is 0 Å². The molecule has 3 rings (SSSR count). The molecule has 104 valence electrons. The van der Waals surface area contributed by atoms with Gasteiger partial charge in [-0.3, -0.25) is 14.9 Å². The third-order valence-corrected chi connectivity index (χ3v) is 4.18. The molecule has 0 aliphatic carbocycles. The van der Waals surface area contributed by atoms with Crippen molar-refractivity contribution < 1.29 is 14.8 Å². The maximum absolute atomic E-state index is 12.2. The van der Waals surface area contributed by atoms with Gasteiger partial charge in [-0.1, -0.05) is 36.0 Å². The van der Waals surface area contributed by atoms with Crippen molar-refractivity contribution in [1.82, 2.24) is 0 Å². The third kappa shape index (κ3) is 2.30. The summed E-state index contributed by atoms with van der Waals surface area (Å²) in [6, 6.07) is 11.2. The largest absolute Gasteiger partial charge is 0.867 e. The summed E-state index contributed by atoms with van der Waals surface area (Å²) in [4.78, 5) is 23.5. The highest BCUT2D eigenvalue weighted by molar-refractivity contribution is 8.04. The molecule has 2 aromatic carbocycles. The van der Waals surface area contributed by atoms with E-state index in [9.17, 15) is 20.0 Å². The molecule has 1 heterocycles. The molecule has 5 nitrogen and oxygen atoms in total. The Morgan fingerprint density at radius 2 is 1.86 bits per heavy atom. The van der Waals surface area contributed by atoms with Crippen LogP contribution in [0.3, 0.4) is 0 Å². The van der Waals surface area contributed by atoms with E-state index in [0.29, 0.717) is 10.5 Å². The molecular weight excluding hydrogens is 290 g/mol. The van der Waals surface area contributed by atoms with Gasteiger partial charge < -0.3 is 5.11 Å². The Balaban J connectivity index is 2.04. The number of hydrogen-bond acceptors (Lipinski definition) is 5. The molecule has 0 aromatic heterocycles. The lowest BCUT2D eigenvalue weighted by Crippen LogP contribution is -2.00. The van der Waals surface area contributed by atoms with Crippen LogP contribution in [-0.2, 0) is 0 Å². The number of nitro benzene ring substituents is 1. The molecule has 0 saturated carbocycles. The number of ketones is 1. The number of carbonyl (C=O) groups is 1. The van der Waals surface area contributed by atoms with Gasteiger partial charge in [-0.25, -0.2) is 0 Å². The SMILES string of the molecule is O=C1C(=Cc2cccc([N+](=O)[O-])c2[O-])Sc2ccccc21. The van der Waals surface area contributed by atoms with E-state index < -0.39 is 16.4 Å². The van der Waals surface area contributed by atoms with E-state index in [1.807, 2.05) is 12.1 Å². The van der Waals surface area contributed by atoms with Gasteiger partial charge >= 0.3 is 0 Å². The van der Waals surface area contributed by atoms with Gasteiger partial charge in [0, 0.05) is 16.5 Å². The minimum absolute atomic E-state index is 0.146. The van der Waals surface area contributed by atoms with Crippen molar-refractivity contribution in [3.05, 3.63) is 68.6 Å². The number of allylic oxidation sites excluding steroid dienone is 1. The number of thioether (sulfide) groups is 1. The Morgan fingerprint density at radius 1 is 1.10 bits per heavy atom. The number of carbonyl (C=O) groups excluding carboxylic acids is 1. The Hall–Kier alpha value is -2.60. The van der Waals surface area contributed by atoms with Gasteiger partial charge in [0.05, 0.1) is 9.83 Å². The molecule has 21 heavy (non-hydrogen) atoms. The second kappa shape index (κ2) is 5.06. The predicted octanol–water partition coefficient (Wildman–Crippen LogP) is 3.00. The first-order valence-electron chi connectivity index (χ1n) is 6.05. The van der Waals surface area contributed by atoms with E-state index in [-0.39, 0.29) is 11.3 Å². The number of nitrogens with zero attached hydrogens (tertiary/aromatic N) is 1. The molecule has 0 N–H and O–H groups in total. The van der Waals surface area contributed by atoms with Crippen molar-refractivity contribution in [2.75, 3.05) is 0 Å². The van der Waals surface area contributed by atoms with Crippen LogP contribution < -0.4 is 5.11 Å². The summed E-state index contributed by atoms with van der Waals surface area (Å²) in [6.45, 7) is 0. The Morgan fingerprint density at radius 3 is 2.57 bits per heavy atom. The topological polar surface area (TPSA) is 83.3 Å². The zero-order chi connectivity index (χ0) is 15.0. The summed E-state index contributed by atoms with van der Waals surface area (Å²) in [5.41, 5.74) is 0.247. The number of benzene rings is 2. The summed E-state index contributed by atoms with van der Waals surface area (Å²) >= 11 is 1.26. The first kappa shape index (κ1) is 13.4. The second-order valence-corrected chi connectivity index (χ2v) is 5.47. The van der Waals surface area contributed by atoms with Crippen molar-refractivity contribution in [2.45, 2.75) is 4.90 Å². The highest BCUT2D eigenvalue weighted by Gasteiger charge is 2.25. The number of rotatable bonds is 2. The summed E-state index contributed by atoms with van der Waals surface area (Å²) < 4.78 is 0. The Bertz CT molecular complexity index is 798. The van der Waals surface area contributed by atoms with Crippen molar-refractivity contribution in [3.63, 3.8) is 0 Å². The fourth-order valence-electron chi connectivity index (χ4n) is 2.08. The van der Waals surface area contributed by atoms with Crippen molar-refractivity contribution in [3.8, 4) is 5.75 Å².